The van der Waals surface area contributed by atoms with E-state index in [4.69, 9.17) is 20.8 Å². The number of benzene rings is 2. The van der Waals surface area contributed by atoms with Crippen LogP contribution in [0.3, 0.4) is 0 Å². The van der Waals surface area contributed by atoms with Crippen molar-refractivity contribution in [3.8, 4) is 0 Å². The second-order valence-electron chi connectivity index (χ2n) is 7.67. The number of para-hydroxylation sites is 1. The quantitative estimate of drug-likeness (QED) is 0.677. The number of ether oxygens (including phenoxy) is 1. The van der Waals surface area contributed by atoms with Crippen LogP contribution in [0.1, 0.15) is 28.5 Å². The summed E-state index contributed by atoms with van der Waals surface area (Å²) in [5, 5.41) is 4.38. The fourth-order valence-electron chi connectivity index (χ4n) is 4.05. The molecule has 0 spiro atoms. The van der Waals surface area contributed by atoms with Crippen molar-refractivity contribution >= 4 is 40.1 Å². The average molecular weight is 425 g/mol. The van der Waals surface area contributed by atoms with Crippen LogP contribution in [0.5, 0.6) is 0 Å². The molecule has 1 N–H and O–H groups in total. The molecule has 1 saturated carbocycles. The molecule has 1 aliphatic carbocycles. The predicted molar refractivity (Wildman–Crippen MR) is 114 cm³/mol. The number of carbonyl (C=O) groups is 2. The molecular formula is C23H21ClN2O4. The number of nitrogens with one attached hydrogen (secondary N) is 1. The summed E-state index contributed by atoms with van der Waals surface area (Å²) in [6, 6.07) is 15.0. The van der Waals surface area contributed by atoms with E-state index in [1.54, 1.807) is 11.0 Å². The first-order valence-corrected chi connectivity index (χ1v) is 10.4. The Hall–Kier alpha value is -2.83. The average Bonchev–Trinajstić information content (AvgIpc) is 3.50. The first kappa shape index (κ1) is 19.2. The van der Waals surface area contributed by atoms with Crippen molar-refractivity contribution in [3.63, 3.8) is 0 Å². The molecule has 2 aromatic carbocycles. The number of halogens is 1. The van der Waals surface area contributed by atoms with Gasteiger partial charge in [-0.3, -0.25) is 9.59 Å². The van der Waals surface area contributed by atoms with E-state index in [1.165, 1.54) is 0 Å². The summed E-state index contributed by atoms with van der Waals surface area (Å²) in [5.74, 6) is -0.271. The van der Waals surface area contributed by atoms with Crippen molar-refractivity contribution in [3.05, 3.63) is 64.9 Å². The van der Waals surface area contributed by atoms with Gasteiger partial charge in [-0.05, 0) is 36.1 Å². The molecule has 7 heteroatoms. The zero-order valence-corrected chi connectivity index (χ0v) is 17.0. The number of amides is 2. The van der Waals surface area contributed by atoms with Crippen molar-refractivity contribution in [1.82, 2.24) is 4.90 Å². The molecule has 2 heterocycles. The SMILES string of the molecule is O=C(Nc1c(C(=O)N2CCOCC2)oc2ccccc12)C1CC1c1ccccc1Cl. The zero-order chi connectivity index (χ0) is 20.7. The Bertz CT molecular complexity index is 1120. The summed E-state index contributed by atoms with van der Waals surface area (Å²) in [5.41, 5.74) is 2.00. The van der Waals surface area contributed by atoms with Gasteiger partial charge in [-0.1, -0.05) is 41.9 Å². The van der Waals surface area contributed by atoms with Gasteiger partial charge in [-0.15, -0.1) is 0 Å². The molecule has 1 aromatic heterocycles. The number of morpholine rings is 1. The summed E-state index contributed by atoms with van der Waals surface area (Å²) in [4.78, 5) is 27.8. The molecule has 1 saturated heterocycles. The van der Waals surface area contributed by atoms with Crippen LogP contribution in [0.15, 0.2) is 52.9 Å². The highest BCUT2D eigenvalue weighted by molar-refractivity contribution is 6.31. The van der Waals surface area contributed by atoms with Gasteiger partial charge in [-0.25, -0.2) is 0 Å². The van der Waals surface area contributed by atoms with Crippen LogP contribution in [-0.4, -0.2) is 43.0 Å². The van der Waals surface area contributed by atoms with E-state index >= 15 is 0 Å². The molecule has 2 amide bonds. The normalized spacial score (nSPS) is 20.9. The highest BCUT2D eigenvalue weighted by Crippen LogP contribution is 2.50. The van der Waals surface area contributed by atoms with Gasteiger partial charge < -0.3 is 19.4 Å². The molecule has 0 radical (unpaired) electrons. The molecule has 30 heavy (non-hydrogen) atoms. The maximum absolute atomic E-state index is 13.1. The van der Waals surface area contributed by atoms with Gasteiger partial charge in [0.25, 0.3) is 5.91 Å². The third-order valence-electron chi connectivity index (χ3n) is 5.77. The lowest BCUT2D eigenvalue weighted by molar-refractivity contribution is -0.117. The Morgan fingerprint density at radius 2 is 1.77 bits per heavy atom. The van der Waals surface area contributed by atoms with Gasteiger partial charge in [0.2, 0.25) is 11.7 Å². The van der Waals surface area contributed by atoms with Crippen LogP contribution in [0.25, 0.3) is 11.0 Å². The van der Waals surface area contributed by atoms with E-state index in [9.17, 15) is 9.59 Å². The van der Waals surface area contributed by atoms with Gasteiger partial charge in [0, 0.05) is 29.4 Å². The van der Waals surface area contributed by atoms with E-state index in [2.05, 4.69) is 5.32 Å². The largest absolute Gasteiger partial charge is 0.449 e. The van der Waals surface area contributed by atoms with Crippen LogP contribution in [-0.2, 0) is 9.53 Å². The smallest absolute Gasteiger partial charge is 0.291 e. The van der Waals surface area contributed by atoms with Crippen LogP contribution in [0.4, 0.5) is 5.69 Å². The Morgan fingerprint density at radius 1 is 1.03 bits per heavy atom. The standard InChI is InChI=1S/C23H21ClN2O4/c24-18-7-3-1-5-14(18)16-13-17(16)22(27)25-20-15-6-2-4-8-19(15)30-21(20)23(28)26-9-11-29-12-10-26/h1-8,16-17H,9-13H2,(H,25,27). The molecule has 2 atom stereocenters. The van der Waals surface area contributed by atoms with Crippen molar-refractivity contribution in [2.24, 2.45) is 5.92 Å². The van der Waals surface area contributed by atoms with Gasteiger partial charge in [0.05, 0.1) is 13.2 Å². The Morgan fingerprint density at radius 3 is 2.57 bits per heavy atom. The second-order valence-corrected chi connectivity index (χ2v) is 8.07. The lowest BCUT2D eigenvalue weighted by Crippen LogP contribution is -2.40. The maximum atomic E-state index is 13.1. The molecule has 2 fully saturated rings. The second kappa shape index (κ2) is 7.78. The third-order valence-corrected chi connectivity index (χ3v) is 6.11. The van der Waals surface area contributed by atoms with E-state index in [0.717, 1.165) is 17.4 Å². The fraction of sp³-hybridized carbons (Fsp3) is 0.304. The minimum atomic E-state index is -0.233. The van der Waals surface area contributed by atoms with E-state index in [1.807, 2.05) is 42.5 Å². The van der Waals surface area contributed by atoms with Crippen molar-refractivity contribution in [2.75, 3.05) is 31.6 Å². The monoisotopic (exact) mass is 424 g/mol. The lowest BCUT2D eigenvalue weighted by Gasteiger charge is -2.26. The minimum Gasteiger partial charge on any atom is -0.449 e. The third kappa shape index (κ3) is 3.46. The fourth-order valence-corrected chi connectivity index (χ4v) is 4.33. The number of carbonyl (C=O) groups excluding carboxylic acids is 2. The Kier molecular flexibility index (Phi) is 4.97. The number of rotatable bonds is 4. The highest BCUT2D eigenvalue weighted by Gasteiger charge is 2.45. The molecule has 0 bridgehead atoms. The van der Waals surface area contributed by atoms with Gasteiger partial charge in [-0.2, -0.15) is 0 Å². The first-order chi connectivity index (χ1) is 14.6. The predicted octanol–water partition coefficient (Wildman–Crippen LogP) is 4.30. The molecule has 1 aliphatic heterocycles. The van der Waals surface area contributed by atoms with E-state index < -0.39 is 0 Å². The van der Waals surface area contributed by atoms with E-state index in [0.29, 0.717) is 42.6 Å². The van der Waals surface area contributed by atoms with Crippen LogP contribution >= 0.6 is 11.6 Å². The number of furan rings is 1. The lowest BCUT2D eigenvalue weighted by atomic mass is 10.1. The first-order valence-electron chi connectivity index (χ1n) is 10.1. The molecule has 154 valence electrons. The minimum absolute atomic E-state index is 0.0928. The highest BCUT2D eigenvalue weighted by atomic mass is 35.5. The number of hydrogen-bond acceptors (Lipinski definition) is 4. The molecule has 5 rings (SSSR count). The molecule has 2 unspecified atom stereocenters. The van der Waals surface area contributed by atoms with Gasteiger partial charge >= 0.3 is 0 Å². The summed E-state index contributed by atoms with van der Waals surface area (Å²) in [6.07, 6.45) is 0.734. The number of anilines is 1. The zero-order valence-electron chi connectivity index (χ0n) is 16.3. The van der Waals surface area contributed by atoms with Crippen LogP contribution in [0.2, 0.25) is 5.02 Å². The Balaban J connectivity index is 1.42. The Labute approximate surface area is 178 Å². The van der Waals surface area contributed by atoms with Crippen LogP contribution < -0.4 is 5.32 Å². The topological polar surface area (TPSA) is 71.8 Å². The maximum Gasteiger partial charge on any atom is 0.291 e. The molecule has 2 aliphatic rings. The van der Waals surface area contributed by atoms with Gasteiger partial charge in [0.15, 0.2) is 0 Å². The molecular weight excluding hydrogens is 404 g/mol. The number of fused-ring (bicyclic) bond motifs is 1. The van der Waals surface area contributed by atoms with Crippen molar-refractivity contribution < 1.29 is 18.7 Å². The summed E-state index contributed by atoms with van der Waals surface area (Å²) in [7, 11) is 0. The van der Waals surface area contributed by atoms with Crippen molar-refractivity contribution in [2.45, 2.75) is 12.3 Å². The summed E-state index contributed by atoms with van der Waals surface area (Å²) < 4.78 is 11.2. The van der Waals surface area contributed by atoms with Crippen molar-refractivity contribution in [1.29, 1.82) is 0 Å². The van der Waals surface area contributed by atoms with E-state index in [-0.39, 0.29) is 29.4 Å². The number of nitrogens with zero attached hydrogens (tertiary/aromatic N) is 1. The number of hydrogen-bond donors (Lipinski definition) is 1. The van der Waals surface area contributed by atoms with Crippen LogP contribution in [0, 0.1) is 5.92 Å². The molecule has 6 nitrogen and oxygen atoms in total. The van der Waals surface area contributed by atoms with Gasteiger partial charge in [0.1, 0.15) is 11.3 Å². The summed E-state index contributed by atoms with van der Waals surface area (Å²) in [6.45, 7) is 1.99. The summed E-state index contributed by atoms with van der Waals surface area (Å²) >= 11 is 6.30. The molecule has 3 aromatic rings.